The monoisotopic (exact) mass is 276 g/mol. The van der Waals surface area contributed by atoms with Crippen LogP contribution in [0.2, 0.25) is 0 Å². The van der Waals surface area contributed by atoms with Crippen molar-refractivity contribution in [2.75, 3.05) is 39.8 Å². The quantitative estimate of drug-likeness (QED) is 0.836. The molecule has 2 aliphatic heterocycles. The molecule has 0 spiro atoms. The first-order valence-electron chi connectivity index (χ1n) is 7.51. The number of hydrogen-bond donors (Lipinski definition) is 2. The Hall–Kier alpha value is -1.10. The summed E-state index contributed by atoms with van der Waals surface area (Å²) in [4.78, 5) is 2.23. The van der Waals surface area contributed by atoms with Crippen molar-refractivity contribution in [2.24, 2.45) is 0 Å². The van der Waals surface area contributed by atoms with E-state index in [0.717, 1.165) is 51.3 Å². The average Bonchev–Trinajstić information content (AvgIpc) is 3.04. The fraction of sp³-hybridized carbons (Fsp3) is 0.625. The Bertz CT molecular complexity index is 470. The first kappa shape index (κ1) is 13.9. The van der Waals surface area contributed by atoms with Crippen LogP contribution in [0, 0.1) is 0 Å². The Kier molecular flexibility index (Phi) is 3.96. The van der Waals surface area contributed by atoms with Crippen LogP contribution in [-0.4, -0.2) is 55.4 Å². The van der Waals surface area contributed by atoms with Gasteiger partial charge in [0.1, 0.15) is 5.75 Å². The van der Waals surface area contributed by atoms with Gasteiger partial charge in [0.25, 0.3) is 0 Å². The van der Waals surface area contributed by atoms with E-state index in [1.165, 1.54) is 11.1 Å². The van der Waals surface area contributed by atoms with Crippen LogP contribution in [0.4, 0.5) is 0 Å². The molecule has 1 unspecified atom stereocenters. The third-order valence-electron chi connectivity index (χ3n) is 4.32. The second kappa shape index (κ2) is 5.72. The SMILES string of the molecule is CN(CCc1ccc2c(c1)CCO2)CC1(O)CCNC1. The number of fused-ring (bicyclic) bond motifs is 1. The van der Waals surface area contributed by atoms with E-state index in [0.29, 0.717) is 6.54 Å². The molecule has 3 rings (SSSR count). The van der Waals surface area contributed by atoms with Crippen molar-refractivity contribution in [3.05, 3.63) is 29.3 Å². The number of nitrogens with one attached hydrogen (secondary N) is 1. The number of ether oxygens (including phenoxy) is 1. The van der Waals surface area contributed by atoms with Crippen LogP contribution in [-0.2, 0) is 12.8 Å². The van der Waals surface area contributed by atoms with E-state index in [1.54, 1.807) is 0 Å². The predicted octanol–water partition coefficient (Wildman–Crippen LogP) is 0.820. The minimum Gasteiger partial charge on any atom is -0.493 e. The van der Waals surface area contributed by atoms with Crippen LogP contribution >= 0.6 is 0 Å². The van der Waals surface area contributed by atoms with E-state index in [4.69, 9.17) is 4.74 Å². The van der Waals surface area contributed by atoms with Gasteiger partial charge in [-0.15, -0.1) is 0 Å². The van der Waals surface area contributed by atoms with Crippen molar-refractivity contribution in [1.29, 1.82) is 0 Å². The highest BCUT2D eigenvalue weighted by Gasteiger charge is 2.31. The zero-order valence-electron chi connectivity index (χ0n) is 12.2. The van der Waals surface area contributed by atoms with E-state index in [2.05, 4.69) is 35.5 Å². The van der Waals surface area contributed by atoms with Crippen LogP contribution in [0.25, 0.3) is 0 Å². The Morgan fingerprint density at radius 1 is 1.45 bits per heavy atom. The zero-order chi connectivity index (χ0) is 14.0. The first-order valence-corrected chi connectivity index (χ1v) is 7.51. The molecule has 0 saturated carbocycles. The number of hydrogen-bond acceptors (Lipinski definition) is 4. The molecule has 2 N–H and O–H groups in total. The van der Waals surface area contributed by atoms with Crippen molar-refractivity contribution in [2.45, 2.75) is 24.9 Å². The maximum Gasteiger partial charge on any atom is 0.122 e. The van der Waals surface area contributed by atoms with Crippen molar-refractivity contribution < 1.29 is 9.84 Å². The van der Waals surface area contributed by atoms with E-state index in [9.17, 15) is 5.11 Å². The van der Waals surface area contributed by atoms with Crippen molar-refractivity contribution in [3.8, 4) is 5.75 Å². The average molecular weight is 276 g/mol. The molecule has 1 aromatic carbocycles. The minimum absolute atomic E-state index is 0.541. The summed E-state index contributed by atoms with van der Waals surface area (Å²) in [6, 6.07) is 6.51. The molecule has 2 heterocycles. The van der Waals surface area contributed by atoms with Gasteiger partial charge in [-0.25, -0.2) is 0 Å². The summed E-state index contributed by atoms with van der Waals surface area (Å²) in [5, 5.41) is 13.6. The lowest BCUT2D eigenvalue weighted by atomic mass is 10.0. The highest BCUT2D eigenvalue weighted by atomic mass is 16.5. The van der Waals surface area contributed by atoms with Gasteiger partial charge in [-0.2, -0.15) is 0 Å². The van der Waals surface area contributed by atoms with Gasteiger partial charge in [-0.1, -0.05) is 12.1 Å². The largest absolute Gasteiger partial charge is 0.493 e. The number of nitrogens with zero attached hydrogens (tertiary/aromatic N) is 1. The standard InChI is InChI=1S/C16H24N2O2/c1-18(12-16(19)6-7-17-11-16)8-4-13-2-3-15-14(10-13)5-9-20-15/h2-3,10,17,19H,4-9,11-12H2,1H3. The Labute approximate surface area is 120 Å². The molecular formula is C16H24N2O2. The van der Waals surface area contributed by atoms with E-state index in [-0.39, 0.29) is 0 Å². The van der Waals surface area contributed by atoms with Crippen LogP contribution in [0.3, 0.4) is 0 Å². The third kappa shape index (κ3) is 3.14. The van der Waals surface area contributed by atoms with Crippen LogP contribution in [0.1, 0.15) is 17.5 Å². The van der Waals surface area contributed by atoms with Gasteiger partial charge in [0.15, 0.2) is 0 Å². The molecule has 1 aromatic rings. The summed E-state index contributed by atoms with van der Waals surface area (Å²) in [6.45, 7) is 4.18. The molecule has 110 valence electrons. The lowest BCUT2D eigenvalue weighted by Crippen LogP contribution is -2.43. The summed E-state index contributed by atoms with van der Waals surface area (Å²) in [7, 11) is 2.09. The molecule has 0 radical (unpaired) electrons. The molecule has 1 fully saturated rings. The highest BCUT2D eigenvalue weighted by Crippen LogP contribution is 2.26. The van der Waals surface area contributed by atoms with Crippen molar-refractivity contribution in [1.82, 2.24) is 10.2 Å². The summed E-state index contributed by atoms with van der Waals surface area (Å²) in [5.41, 5.74) is 2.15. The third-order valence-corrected chi connectivity index (χ3v) is 4.32. The van der Waals surface area contributed by atoms with E-state index < -0.39 is 5.60 Å². The van der Waals surface area contributed by atoms with Gasteiger partial charge in [-0.05, 0) is 43.6 Å². The number of likely N-dealkylation sites (N-methyl/N-ethyl adjacent to an activating group) is 1. The number of β-amino-alcohol motifs (C(OH)–C–C–N with tert-alkyl or cyclic N) is 1. The minimum atomic E-state index is -0.541. The highest BCUT2D eigenvalue weighted by molar-refractivity contribution is 5.39. The van der Waals surface area contributed by atoms with Gasteiger partial charge in [0, 0.05) is 26.1 Å². The normalized spacial score (nSPS) is 24.9. The molecule has 0 aliphatic carbocycles. The Morgan fingerprint density at radius 3 is 3.15 bits per heavy atom. The van der Waals surface area contributed by atoms with Gasteiger partial charge >= 0.3 is 0 Å². The van der Waals surface area contributed by atoms with E-state index >= 15 is 0 Å². The fourth-order valence-corrected chi connectivity index (χ4v) is 3.16. The first-order chi connectivity index (χ1) is 9.65. The molecule has 0 aromatic heterocycles. The van der Waals surface area contributed by atoms with Gasteiger partial charge in [-0.3, -0.25) is 0 Å². The number of benzene rings is 1. The number of aliphatic hydroxyl groups is 1. The second-order valence-electron chi connectivity index (χ2n) is 6.18. The molecule has 1 saturated heterocycles. The lowest BCUT2D eigenvalue weighted by molar-refractivity contribution is 0.0287. The Morgan fingerprint density at radius 2 is 2.35 bits per heavy atom. The van der Waals surface area contributed by atoms with Crippen LogP contribution in [0.5, 0.6) is 5.75 Å². The smallest absolute Gasteiger partial charge is 0.122 e. The number of rotatable bonds is 5. The molecule has 4 nitrogen and oxygen atoms in total. The van der Waals surface area contributed by atoms with Crippen molar-refractivity contribution in [3.63, 3.8) is 0 Å². The van der Waals surface area contributed by atoms with Crippen LogP contribution in [0.15, 0.2) is 18.2 Å². The van der Waals surface area contributed by atoms with Gasteiger partial charge < -0.3 is 20.1 Å². The topological polar surface area (TPSA) is 44.7 Å². The lowest BCUT2D eigenvalue weighted by Gasteiger charge is -2.28. The van der Waals surface area contributed by atoms with Crippen molar-refractivity contribution >= 4 is 0 Å². The zero-order valence-corrected chi connectivity index (χ0v) is 12.2. The van der Waals surface area contributed by atoms with E-state index in [1.807, 2.05) is 0 Å². The summed E-state index contributed by atoms with van der Waals surface area (Å²) in [5.74, 6) is 1.05. The maximum absolute atomic E-state index is 10.4. The molecule has 2 aliphatic rings. The molecular weight excluding hydrogens is 252 g/mol. The van der Waals surface area contributed by atoms with Crippen LogP contribution < -0.4 is 10.1 Å². The summed E-state index contributed by atoms with van der Waals surface area (Å²) < 4.78 is 5.53. The molecule has 1 atom stereocenters. The molecule has 0 amide bonds. The fourth-order valence-electron chi connectivity index (χ4n) is 3.16. The maximum atomic E-state index is 10.4. The summed E-state index contributed by atoms with van der Waals surface area (Å²) >= 11 is 0. The predicted molar refractivity (Wildman–Crippen MR) is 79.3 cm³/mol. The molecule has 4 heteroatoms. The Balaban J connectivity index is 1.51. The summed E-state index contributed by atoms with van der Waals surface area (Å²) in [6.07, 6.45) is 2.91. The van der Waals surface area contributed by atoms with Gasteiger partial charge in [0.05, 0.1) is 12.2 Å². The second-order valence-corrected chi connectivity index (χ2v) is 6.18. The van der Waals surface area contributed by atoms with Gasteiger partial charge in [0.2, 0.25) is 0 Å². The molecule has 0 bridgehead atoms. The molecule has 20 heavy (non-hydrogen) atoms.